The maximum atomic E-state index is 13.4. The van der Waals surface area contributed by atoms with Crippen molar-refractivity contribution >= 4 is 41.0 Å². The van der Waals surface area contributed by atoms with E-state index in [2.05, 4.69) is 39.8 Å². The maximum absolute atomic E-state index is 13.4. The maximum Gasteiger partial charge on any atom is 0.321 e. The molecule has 2 heterocycles. The van der Waals surface area contributed by atoms with Gasteiger partial charge in [0.1, 0.15) is 6.29 Å². The van der Waals surface area contributed by atoms with Gasteiger partial charge < -0.3 is 30.8 Å². The SMILES string of the molecule is CC(C)(CO)C1CC1.CNc1cccc(NC(=O)NC2N=C(c3ccccn3)c3ccccc3N(CC=O)C2=O)c1. The minimum Gasteiger partial charge on any atom is -0.396 e. The molecule has 10 nitrogen and oxygen atoms in total. The van der Waals surface area contributed by atoms with Gasteiger partial charge in [0, 0.05) is 36.8 Å². The Labute approximate surface area is 239 Å². The van der Waals surface area contributed by atoms with Crippen LogP contribution in [0.4, 0.5) is 21.9 Å². The predicted molar refractivity (Wildman–Crippen MR) is 160 cm³/mol. The molecule has 3 amide bonds. The van der Waals surface area contributed by atoms with Crippen LogP contribution in [0.3, 0.4) is 0 Å². The van der Waals surface area contributed by atoms with E-state index in [4.69, 9.17) is 5.11 Å². The number of amides is 3. The highest BCUT2D eigenvalue weighted by Gasteiger charge is 2.37. The molecule has 1 unspecified atom stereocenters. The summed E-state index contributed by atoms with van der Waals surface area (Å²) < 4.78 is 0. The van der Waals surface area contributed by atoms with Crippen LogP contribution in [0, 0.1) is 11.3 Å². The van der Waals surface area contributed by atoms with E-state index in [-0.39, 0.29) is 12.0 Å². The van der Waals surface area contributed by atoms with Crippen molar-refractivity contribution < 1.29 is 19.5 Å². The van der Waals surface area contributed by atoms with Gasteiger partial charge >= 0.3 is 6.03 Å². The zero-order chi connectivity index (χ0) is 29.4. The molecule has 1 fully saturated rings. The number of aliphatic hydroxyl groups excluding tert-OH is 1. The molecule has 1 saturated carbocycles. The van der Waals surface area contributed by atoms with Crippen LogP contribution < -0.4 is 20.9 Å². The second kappa shape index (κ2) is 13.2. The molecule has 2 aromatic carbocycles. The lowest BCUT2D eigenvalue weighted by atomic mass is 9.89. The molecule has 1 aromatic heterocycles. The fraction of sp³-hybridized carbons (Fsp3) is 0.323. The number of carbonyl (C=O) groups is 3. The van der Waals surface area contributed by atoms with Crippen molar-refractivity contribution in [3.63, 3.8) is 0 Å². The standard InChI is InChI=1S/C24H22N6O3.C7H14O/c1-25-16-7-6-8-17(15-16)27-24(33)29-22-23(32)30(13-14-31)20-11-3-2-9-18(20)21(28-22)19-10-4-5-12-26-19;1-7(2,5-8)6-3-4-6/h2-12,14-15,22,25H,13H2,1H3,(H2,27,29,33);6,8H,3-5H2,1-2H3. The Morgan fingerprint density at radius 3 is 2.44 bits per heavy atom. The molecular weight excluding hydrogens is 520 g/mol. The third-order valence-corrected chi connectivity index (χ3v) is 7.14. The fourth-order valence-corrected chi connectivity index (χ4v) is 4.53. The first-order chi connectivity index (χ1) is 19.8. The summed E-state index contributed by atoms with van der Waals surface area (Å²) in [6.07, 6.45) is 3.66. The number of carbonyl (C=O) groups excluding carboxylic acids is 3. The number of aliphatic hydroxyl groups is 1. The van der Waals surface area contributed by atoms with Crippen LogP contribution in [0.5, 0.6) is 0 Å². The average Bonchev–Trinajstić information content (AvgIpc) is 3.86. The van der Waals surface area contributed by atoms with E-state index < -0.39 is 18.1 Å². The number of hydrogen-bond donors (Lipinski definition) is 4. The van der Waals surface area contributed by atoms with Crippen molar-refractivity contribution in [2.24, 2.45) is 16.3 Å². The largest absolute Gasteiger partial charge is 0.396 e. The molecule has 0 radical (unpaired) electrons. The Morgan fingerprint density at radius 2 is 1.80 bits per heavy atom. The van der Waals surface area contributed by atoms with Crippen molar-refractivity contribution in [3.8, 4) is 0 Å². The second-order valence-electron chi connectivity index (χ2n) is 10.6. The number of aromatic nitrogens is 1. The monoisotopic (exact) mass is 556 g/mol. The Kier molecular flexibility index (Phi) is 9.46. The number of nitrogens with one attached hydrogen (secondary N) is 3. The van der Waals surface area contributed by atoms with Gasteiger partial charge in [0.15, 0.2) is 0 Å². The molecule has 1 aliphatic carbocycles. The van der Waals surface area contributed by atoms with Gasteiger partial charge in [-0.15, -0.1) is 0 Å². The third kappa shape index (κ3) is 7.34. The summed E-state index contributed by atoms with van der Waals surface area (Å²) in [6.45, 7) is 4.43. The molecule has 41 heavy (non-hydrogen) atoms. The smallest absolute Gasteiger partial charge is 0.321 e. The fourth-order valence-electron chi connectivity index (χ4n) is 4.53. The number of benzodiazepines with no additional fused rings is 1. The number of hydrogen-bond acceptors (Lipinski definition) is 7. The number of fused-ring (bicyclic) bond motifs is 1. The number of urea groups is 1. The summed E-state index contributed by atoms with van der Waals surface area (Å²) in [5.74, 6) is 0.284. The number of aliphatic imine (C=N–C) groups is 1. The van der Waals surface area contributed by atoms with Gasteiger partial charge in [0.25, 0.3) is 5.91 Å². The van der Waals surface area contributed by atoms with Gasteiger partial charge in [-0.2, -0.15) is 0 Å². The molecule has 3 aromatic rings. The van der Waals surface area contributed by atoms with E-state index in [0.717, 1.165) is 11.6 Å². The lowest BCUT2D eigenvalue weighted by Crippen LogP contribution is -2.49. The Bertz CT molecular complexity index is 1400. The molecule has 4 N–H and O–H groups in total. The molecule has 0 saturated heterocycles. The van der Waals surface area contributed by atoms with Gasteiger partial charge in [-0.3, -0.25) is 9.78 Å². The Balaban J connectivity index is 0.000000417. The van der Waals surface area contributed by atoms with E-state index in [1.807, 2.05) is 18.2 Å². The number of anilines is 3. The quantitative estimate of drug-likeness (QED) is 0.309. The number of rotatable bonds is 8. The van der Waals surface area contributed by atoms with E-state index >= 15 is 0 Å². The van der Waals surface area contributed by atoms with Gasteiger partial charge in [-0.1, -0.05) is 44.2 Å². The minimum atomic E-state index is -1.26. The van der Waals surface area contributed by atoms with Crippen LogP contribution in [-0.2, 0) is 9.59 Å². The van der Waals surface area contributed by atoms with Crippen LogP contribution in [0.1, 0.15) is 37.9 Å². The molecule has 5 rings (SSSR count). The minimum absolute atomic E-state index is 0.176. The summed E-state index contributed by atoms with van der Waals surface area (Å²) >= 11 is 0. The molecule has 0 bridgehead atoms. The van der Waals surface area contributed by atoms with Crippen LogP contribution in [-0.4, -0.2) is 60.4 Å². The van der Waals surface area contributed by atoms with Gasteiger partial charge in [-0.05, 0) is 60.6 Å². The van der Waals surface area contributed by atoms with Gasteiger partial charge in [0.2, 0.25) is 6.17 Å². The average molecular weight is 557 g/mol. The summed E-state index contributed by atoms with van der Waals surface area (Å²) in [5.41, 5.74) is 3.71. The van der Waals surface area contributed by atoms with Crippen LogP contribution in [0.25, 0.3) is 0 Å². The van der Waals surface area contributed by atoms with E-state index in [9.17, 15) is 14.4 Å². The first kappa shape index (κ1) is 29.4. The Morgan fingerprint density at radius 1 is 1.07 bits per heavy atom. The van der Waals surface area contributed by atoms with E-state index in [1.165, 1.54) is 17.7 Å². The van der Waals surface area contributed by atoms with E-state index in [1.54, 1.807) is 61.8 Å². The lowest BCUT2D eigenvalue weighted by molar-refractivity contribution is -0.121. The molecule has 1 atom stereocenters. The summed E-state index contributed by atoms with van der Waals surface area (Å²) in [6, 6.07) is 19.0. The van der Waals surface area contributed by atoms with Gasteiger partial charge in [0.05, 0.1) is 23.6 Å². The van der Waals surface area contributed by atoms with Crippen molar-refractivity contribution in [2.75, 3.05) is 35.7 Å². The van der Waals surface area contributed by atoms with Crippen molar-refractivity contribution in [3.05, 3.63) is 84.2 Å². The first-order valence-corrected chi connectivity index (χ1v) is 13.6. The van der Waals surface area contributed by atoms with Crippen LogP contribution >= 0.6 is 0 Å². The topological polar surface area (TPSA) is 136 Å². The summed E-state index contributed by atoms with van der Waals surface area (Å²) in [4.78, 5) is 47.7. The Hall–Kier alpha value is -4.57. The zero-order valence-electron chi connectivity index (χ0n) is 23.5. The molecule has 1 aliphatic heterocycles. The van der Waals surface area contributed by atoms with Crippen molar-refractivity contribution in [1.29, 1.82) is 0 Å². The van der Waals surface area contributed by atoms with Crippen molar-refractivity contribution in [1.82, 2.24) is 10.3 Å². The lowest BCUT2D eigenvalue weighted by Gasteiger charge is -2.23. The molecule has 0 spiro atoms. The molecule has 10 heteroatoms. The van der Waals surface area contributed by atoms with Gasteiger partial charge in [-0.25, -0.2) is 9.79 Å². The van der Waals surface area contributed by atoms with Crippen LogP contribution in [0.15, 0.2) is 77.9 Å². The highest BCUT2D eigenvalue weighted by molar-refractivity contribution is 6.20. The second-order valence-corrected chi connectivity index (χ2v) is 10.6. The molecular formula is C31H36N6O4. The van der Waals surface area contributed by atoms with Crippen LogP contribution in [0.2, 0.25) is 0 Å². The highest BCUT2D eigenvalue weighted by Crippen LogP contribution is 2.44. The number of pyridine rings is 1. The number of aldehydes is 1. The summed E-state index contributed by atoms with van der Waals surface area (Å²) in [5, 5.41) is 17.1. The third-order valence-electron chi connectivity index (χ3n) is 7.14. The first-order valence-electron chi connectivity index (χ1n) is 13.6. The van der Waals surface area contributed by atoms with E-state index in [0.29, 0.717) is 41.2 Å². The normalized spacial score (nSPS) is 16.3. The molecule has 2 aliphatic rings. The number of benzene rings is 2. The molecule has 214 valence electrons. The predicted octanol–water partition coefficient (Wildman–Crippen LogP) is 4.07. The summed E-state index contributed by atoms with van der Waals surface area (Å²) in [7, 11) is 1.77. The number of para-hydroxylation sites is 1. The van der Waals surface area contributed by atoms with Crippen molar-refractivity contribution in [2.45, 2.75) is 32.9 Å². The zero-order valence-corrected chi connectivity index (χ0v) is 23.5. The number of nitrogens with zero attached hydrogens (tertiary/aromatic N) is 3. The highest BCUT2D eigenvalue weighted by atomic mass is 16.3.